The second-order valence-electron chi connectivity index (χ2n) is 3.46. The lowest BCUT2D eigenvalue weighted by molar-refractivity contribution is -0.137. The van der Waals surface area contributed by atoms with Gasteiger partial charge < -0.3 is 14.9 Å². The Morgan fingerprint density at radius 1 is 1.43 bits per heavy atom. The molecule has 0 aliphatic carbocycles. The van der Waals surface area contributed by atoms with Crippen LogP contribution in [0.3, 0.4) is 0 Å². The summed E-state index contributed by atoms with van der Waals surface area (Å²) in [5, 5.41) is 18.1. The van der Waals surface area contributed by atoms with E-state index in [-0.39, 0.29) is 13.2 Å². The molecule has 0 heterocycles. The summed E-state index contributed by atoms with van der Waals surface area (Å²) in [6.45, 7) is 4.99. The molecule has 0 bridgehead atoms. The Morgan fingerprint density at radius 2 is 1.93 bits per heavy atom. The molecule has 0 radical (unpaired) electrons. The third-order valence-corrected chi connectivity index (χ3v) is 2.27. The van der Waals surface area contributed by atoms with Gasteiger partial charge in [-0.1, -0.05) is 12.5 Å². The number of aliphatic hydroxyl groups is 2. The third-order valence-electron chi connectivity index (χ3n) is 2.27. The number of carbonyl (C=O) groups is 1. The van der Waals surface area contributed by atoms with Crippen LogP contribution in [0.4, 0.5) is 0 Å². The van der Waals surface area contributed by atoms with E-state index in [4.69, 9.17) is 14.9 Å². The van der Waals surface area contributed by atoms with Crippen molar-refractivity contribution in [2.45, 2.75) is 20.8 Å². The molecule has 0 atom stereocenters. The molecule has 2 N–H and O–H groups in total. The quantitative estimate of drug-likeness (QED) is 0.503. The minimum Gasteiger partial charge on any atom is -0.463 e. The number of hydrogen-bond donors (Lipinski definition) is 2. The molecule has 0 aromatic carbocycles. The van der Waals surface area contributed by atoms with Gasteiger partial charge in [-0.05, 0) is 13.8 Å². The van der Waals surface area contributed by atoms with Crippen LogP contribution in [0, 0.1) is 5.41 Å². The summed E-state index contributed by atoms with van der Waals surface area (Å²) >= 11 is 0. The first kappa shape index (κ1) is 13.1. The topological polar surface area (TPSA) is 66.8 Å². The van der Waals surface area contributed by atoms with Gasteiger partial charge in [0.2, 0.25) is 0 Å². The Labute approximate surface area is 84.2 Å². The van der Waals surface area contributed by atoms with Gasteiger partial charge in [-0.15, -0.1) is 0 Å². The van der Waals surface area contributed by atoms with Crippen molar-refractivity contribution in [2.24, 2.45) is 5.41 Å². The van der Waals surface area contributed by atoms with Gasteiger partial charge in [-0.3, -0.25) is 0 Å². The maximum absolute atomic E-state index is 11.1. The second kappa shape index (κ2) is 5.78. The number of esters is 1. The van der Waals surface area contributed by atoms with Crippen LogP contribution in [0.15, 0.2) is 11.6 Å². The van der Waals surface area contributed by atoms with Gasteiger partial charge in [-0.25, -0.2) is 4.79 Å². The van der Waals surface area contributed by atoms with Gasteiger partial charge in [0.1, 0.15) is 0 Å². The van der Waals surface area contributed by atoms with E-state index < -0.39 is 11.4 Å². The van der Waals surface area contributed by atoms with Crippen molar-refractivity contribution in [2.75, 3.05) is 19.8 Å². The smallest absolute Gasteiger partial charge is 0.330 e. The molecule has 0 rings (SSSR count). The van der Waals surface area contributed by atoms with E-state index in [0.29, 0.717) is 12.2 Å². The van der Waals surface area contributed by atoms with Crippen molar-refractivity contribution in [1.29, 1.82) is 0 Å². The fourth-order valence-electron chi connectivity index (χ4n) is 0.834. The van der Waals surface area contributed by atoms with E-state index in [1.807, 2.05) is 0 Å². The molecule has 0 amide bonds. The first-order chi connectivity index (χ1) is 6.50. The number of rotatable bonds is 5. The fraction of sp³-hybridized carbons (Fsp3) is 0.700. The lowest BCUT2D eigenvalue weighted by Crippen LogP contribution is -2.28. The van der Waals surface area contributed by atoms with Crippen molar-refractivity contribution in [3.05, 3.63) is 11.6 Å². The van der Waals surface area contributed by atoms with Gasteiger partial charge in [0, 0.05) is 11.5 Å². The molecule has 4 nitrogen and oxygen atoms in total. The average molecular weight is 202 g/mol. The lowest BCUT2D eigenvalue weighted by Gasteiger charge is -2.25. The third kappa shape index (κ3) is 3.47. The Balaban J connectivity index is 4.56. The Bertz CT molecular complexity index is 216. The van der Waals surface area contributed by atoms with Gasteiger partial charge >= 0.3 is 5.97 Å². The molecule has 0 aromatic heterocycles. The highest BCUT2D eigenvalue weighted by atomic mass is 16.5. The fourth-order valence-corrected chi connectivity index (χ4v) is 0.834. The van der Waals surface area contributed by atoms with E-state index in [1.54, 1.807) is 20.8 Å². The molecule has 82 valence electrons. The summed E-state index contributed by atoms with van der Waals surface area (Å²) < 4.78 is 4.72. The maximum Gasteiger partial charge on any atom is 0.330 e. The van der Waals surface area contributed by atoms with Gasteiger partial charge in [0.05, 0.1) is 19.8 Å². The molecule has 0 aliphatic heterocycles. The molecule has 0 spiro atoms. The Kier molecular flexibility index (Phi) is 5.42. The molecular weight excluding hydrogens is 184 g/mol. The minimum atomic E-state index is -0.757. The van der Waals surface area contributed by atoms with Crippen LogP contribution in [0.25, 0.3) is 0 Å². The van der Waals surface area contributed by atoms with Gasteiger partial charge in [-0.2, -0.15) is 0 Å². The van der Waals surface area contributed by atoms with Crippen LogP contribution < -0.4 is 0 Å². The van der Waals surface area contributed by atoms with E-state index in [1.165, 1.54) is 6.08 Å². The van der Waals surface area contributed by atoms with Crippen LogP contribution in [0.5, 0.6) is 0 Å². The molecule has 0 saturated carbocycles. The molecule has 0 fully saturated rings. The number of ether oxygens (including phenoxy) is 1. The molecule has 4 heteroatoms. The van der Waals surface area contributed by atoms with E-state index in [0.717, 1.165) is 0 Å². The van der Waals surface area contributed by atoms with Gasteiger partial charge in [0.25, 0.3) is 0 Å². The molecule has 0 saturated heterocycles. The zero-order chi connectivity index (χ0) is 11.2. The van der Waals surface area contributed by atoms with Crippen LogP contribution >= 0.6 is 0 Å². The summed E-state index contributed by atoms with van der Waals surface area (Å²) in [5.74, 6) is -0.446. The predicted molar refractivity (Wildman–Crippen MR) is 52.7 cm³/mol. The zero-order valence-electron chi connectivity index (χ0n) is 8.91. The van der Waals surface area contributed by atoms with Crippen LogP contribution in [-0.4, -0.2) is 36.0 Å². The number of carbonyl (C=O) groups excluding carboxylic acids is 1. The average Bonchev–Trinajstić information content (AvgIpc) is 2.16. The van der Waals surface area contributed by atoms with Crippen molar-refractivity contribution >= 4 is 5.97 Å². The summed E-state index contributed by atoms with van der Waals surface area (Å²) in [5.41, 5.74) is -0.145. The highest BCUT2D eigenvalue weighted by Gasteiger charge is 2.25. The van der Waals surface area contributed by atoms with Crippen LogP contribution in [0.1, 0.15) is 20.8 Å². The maximum atomic E-state index is 11.1. The second-order valence-corrected chi connectivity index (χ2v) is 3.46. The summed E-state index contributed by atoms with van der Waals surface area (Å²) in [4.78, 5) is 11.1. The van der Waals surface area contributed by atoms with Crippen molar-refractivity contribution in [3.8, 4) is 0 Å². The first-order valence-corrected chi connectivity index (χ1v) is 4.57. The minimum absolute atomic E-state index is 0.203. The lowest BCUT2D eigenvalue weighted by atomic mass is 9.84. The van der Waals surface area contributed by atoms with Crippen molar-refractivity contribution in [1.82, 2.24) is 0 Å². The monoisotopic (exact) mass is 202 g/mol. The van der Waals surface area contributed by atoms with Crippen molar-refractivity contribution in [3.63, 3.8) is 0 Å². The van der Waals surface area contributed by atoms with E-state index in [9.17, 15) is 4.79 Å². The SMILES string of the molecule is CCOC(=O)/C=C(\C)C(C)(CO)CO. The molecule has 0 aliphatic rings. The normalized spacial score (nSPS) is 12.8. The summed E-state index contributed by atoms with van der Waals surface area (Å²) in [6.07, 6.45) is 1.30. The van der Waals surface area contributed by atoms with E-state index >= 15 is 0 Å². The number of aliphatic hydroxyl groups excluding tert-OH is 2. The van der Waals surface area contributed by atoms with Gasteiger partial charge in [0.15, 0.2) is 0 Å². The molecule has 0 unspecified atom stereocenters. The molecule has 14 heavy (non-hydrogen) atoms. The highest BCUT2D eigenvalue weighted by molar-refractivity contribution is 5.82. The first-order valence-electron chi connectivity index (χ1n) is 4.57. The number of hydrogen-bond acceptors (Lipinski definition) is 4. The molecule has 0 aromatic rings. The Hall–Kier alpha value is -0.870. The Morgan fingerprint density at radius 3 is 2.29 bits per heavy atom. The van der Waals surface area contributed by atoms with Crippen LogP contribution in [-0.2, 0) is 9.53 Å². The highest BCUT2D eigenvalue weighted by Crippen LogP contribution is 2.24. The van der Waals surface area contributed by atoms with Crippen LogP contribution in [0.2, 0.25) is 0 Å². The summed E-state index contributed by atoms with van der Waals surface area (Å²) in [7, 11) is 0. The standard InChI is InChI=1S/C10H18O4/c1-4-14-9(13)5-8(2)10(3,6-11)7-12/h5,11-12H,4,6-7H2,1-3H3/b8-5+. The summed E-state index contributed by atoms with van der Waals surface area (Å²) in [6, 6.07) is 0. The molecular formula is C10H18O4. The van der Waals surface area contributed by atoms with Crippen molar-refractivity contribution < 1.29 is 19.7 Å². The predicted octanol–water partition coefficient (Wildman–Crippen LogP) is 0.487. The largest absolute Gasteiger partial charge is 0.463 e. The zero-order valence-corrected chi connectivity index (χ0v) is 8.91. The van der Waals surface area contributed by atoms with E-state index in [2.05, 4.69) is 0 Å².